The lowest BCUT2D eigenvalue weighted by Gasteiger charge is -2.09. The van der Waals surface area contributed by atoms with Gasteiger partial charge in [0.25, 0.3) is 0 Å². The van der Waals surface area contributed by atoms with Crippen LogP contribution in [0.5, 0.6) is 0 Å². The van der Waals surface area contributed by atoms with Gasteiger partial charge in [0.2, 0.25) is 0 Å². The Kier molecular flexibility index (Phi) is 4.31. The summed E-state index contributed by atoms with van der Waals surface area (Å²) in [5.74, 6) is 0.914. The molecule has 0 N–H and O–H groups in total. The Hall–Kier alpha value is -0.570. The molecule has 0 aliphatic carbocycles. The molecule has 18 heavy (non-hydrogen) atoms. The molecule has 96 valence electrons. The lowest BCUT2D eigenvalue weighted by molar-refractivity contribution is 0.879. The van der Waals surface area contributed by atoms with Crippen molar-refractivity contribution in [3.63, 3.8) is 0 Å². The molecule has 2 aromatic rings. The van der Waals surface area contributed by atoms with Crippen LogP contribution in [0.15, 0.2) is 18.2 Å². The second kappa shape index (κ2) is 5.60. The monoisotopic (exact) mass is 299 g/mol. The summed E-state index contributed by atoms with van der Waals surface area (Å²) in [5.41, 5.74) is 4.21. The van der Waals surface area contributed by atoms with E-state index in [4.69, 9.17) is 23.2 Å². The Labute approximate surface area is 122 Å². The van der Waals surface area contributed by atoms with Crippen LogP contribution in [0.2, 0.25) is 5.02 Å². The summed E-state index contributed by atoms with van der Waals surface area (Å²) in [5, 5.41) is 0.738. The molecule has 0 atom stereocenters. The summed E-state index contributed by atoms with van der Waals surface area (Å²) in [6, 6.07) is 5.90. The zero-order valence-corrected chi connectivity index (χ0v) is 13.0. The minimum atomic E-state index is 0.438. The van der Waals surface area contributed by atoms with Crippen LogP contribution in [-0.2, 0) is 5.88 Å². The number of aryl methyl sites for hydroxylation is 1. The number of rotatable bonds is 3. The van der Waals surface area contributed by atoms with E-state index < -0.39 is 0 Å². The molecule has 0 radical (unpaired) electrons. The maximum Gasteiger partial charge on any atom is 0.0905 e. The second-order valence-electron chi connectivity index (χ2n) is 4.59. The molecule has 0 bridgehead atoms. The van der Waals surface area contributed by atoms with Gasteiger partial charge in [0.15, 0.2) is 0 Å². The number of benzene rings is 1. The highest BCUT2D eigenvalue weighted by molar-refractivity contribution is 7.06. The van der Waals surface area contributed by atoms with Gasteiger partial charge in [0.1, 0.15) is 0 Å². The Morgan fingerprint density at radius 1 is 1.33 bits per heavy atom. The van der Waals surface area contributed by atoms with Crippen LogP contribution in [0.1, 0.15) is 35.8 Å². The molecular weight excluding hydrogens is 285 g/mol. The number of hydrogen-bond acceptors (Lipinski definition) is 2. The number of halogens is 2. The third-order valence-corrected chi connectivity index (χ3v) is 4.71. The van der Waals surface area contributed by atoms with Crippen molar-refractivity contribution < 1.29 is 0 Å². The van der Waals surface area contributed by atoms with Gasteiger partial charge in [-0.3, -0.25) is 0 Å². The van der Waals surface area contributed by atoms with Crippen molar-refractivity contribution in [2.75, 3.05) is 0 Å². The summed E-state index contributed by atoms with van der Waals surface area (Å²) in [4.78, 5) is 1.25. The van der Waals surface area contributed by atoms with Gasteiger partial charge in [0, 0.05) is 16.0 Å². The quantitative estimate of drug-likeness (QED) is 0.669. The van der Waals surface area contributed by atoms with Crippen LogP contribution in [0.3, 0.4) is 0 Å². The molecule has 1 aromatic heterocycles. The van der Waals surface area contributed by atoms with Crippen molar-refractivity contribution >= 4 is 34.7 Å². The first-order chi connectivity index (χ1) is 8.56. The van der Waals surface area contributed by atoms with Crippen molar-refractivity contribution in [2.45, 2.75) is 32.6 Å². The van der Waals surface area contributed by atoms with E-state index in [2.05, 4.69) is 18.2 Å². The van der Waals surface area contributed by atoms with Crippen LogP contribution >= 0.6 is 34.7 Å². The summed E-state index contributed by atoms with van der Waals surface area (Å²) >= 11 is 13.9. The van der Waals surface area contributed by atoms with E-state index in [0.717, 1.165) is 27.4 Å². The van der Waals surface area contributed by atoms with E-state index in [9.17, 15) is 0 Å². The highest BCUT2D eigenvalue weighted by Gasteiger charge is 2.19. The van der Waals surface area contributed by atoms with Gasteiger partial charge in [-0.05, 0) is 36.0 Å². The predicted molar refractivity (Wildman–Crippen MR) is 80.9 cm³/mol. The molecular formula is C14H15Cl2NS. The van der Waals surface area contributed by atoms with Gasteiger partial charge in [-0.2, -0.15) is 4.37 Å². The standard InChI is InChI=1S/C14H15Cl2NS/c1-8(2)14-10(7-15)13(17-18-14)12-9(3)5-4-6-11(12)16/h4-6,8H,7H2,1-3H3. The second-order valence-corrected chi connectivity index (χ2v) is 6.07. The molecule has 0 amide bonds. The van der Waals surface area contributed by atoms with Crippen LogP contribution in [0.25, 0.3) is 11.3 Å². The highest BCUT2D eigenvalue weighted by atomic mass is 35.5. The molecule has 1 heterocycles. The normalized spacial score (nSPS) is 11.2. The molecule has 2 rings (SSSR count). The van der Waals surface area contributed by atoms with E-state index >= 15 is 0 Å². The molecule has 1 aromatic carbocycles. The van der Waals surface area contributed by atoms with Gasteiger partial charge in [-0.25, -0.2) is 0 Å². The largest absolute Gasteiger partial charge is 0.192 e. The first-order valence-electron chi connectivity index (χ1n) is 5.86. The van der Waals surface area contributed by atoms with E-state index in [1.54, 1.807) is 0 Å². The van der Waals surface area contributed by atoms with Crippen molar-refractivity contribution in [2.24, 2.45) is 0 Å². The number of nitrogens with zero attached hydrogens (tertiary/aromatic N) is 1. The fraction of sp³-hybridized carbons (Fsp3) is 0.357. The Bertz CT molecular complexity index is 541. The fourth-order valence-electron chi connectivity index (χ4n) is 2.03. The summed E-state index contributed by atoms with van der Waals surface area (Å²) < 4.78 is 4.57. The van der Waals surface area contributed by atoms with E-state index in [-0.39, 0.29) is 0 Å². The van der Waals surface area contributed by atoms with Gasteiger partial charge in [0.05, 0.1) is 16.6 Å². The molecule has 0 fully saturated rings. The number of alkyl halides is 1. The molecule has 0 saturated heterocycles. The molecule has 0 aliphatic rings. The van der Waals surface area contributed by atoms with Gasteiger partial charge < -0.3 is 0 Å². The lowest BCUT2D eigenvalue weighted by atomic mass is 9.99. The smallest absolute Gasteiger partial charge is 0.0905 e. The summed E-state index contributed by atoms with van der Waals surface area (Å²) in [6.45, 7) is 6.37. The van der Waals surface area contributed by atoms with Gasteiger partial charge in [-0.15, -0.1) is 11.6 Å². The summed E-state index contributed by atoms with van der Waals surface area (Å²) in [6.07, 6.45) is 0. The molecule has 0 aliphatic heterocycles. The van der Waals surface area contributed by atoms with Gasteiger partial charge >= 0.3 is 0 Å². The Balaban J connectivity index is 2.65. The molecule has 4 heteroatoms. The van der Waals surface area contributed by atoms with Crippen molar-refractivity contribution in [3.8, 4) is 11.3 Å². The average Bonchev–Trinajstić information content (AvgIpc) is 2.72. The Morgan fingerprint density at radius 3 is 2.61 bits per heavy atom. The summed E-state index contributed by atoms with van der Waals surface area (Å²) in [7, 11) is 0. The van der Waals surface area contributed by atoms with Crippen LogP contribution < -0.4 is 0 Å². The zero-order chi connectivity index (χ0) is 13.3. The number of aromatic nitrogens is 1. The lowest BCUT2D eigenvalue weighted by Crippen LogP contribution is -1.92. The maximum absolute atomic E-state index is 6.30. The highest BCUT2D eigenvalue weighted by Crippen LogP contribution is 2.38. The third kappa shape index (κ3) is 2.42. The van der Waals surface area contributed by atoms with Gasteiger partial charge in [-0.1, -0.05) is 37.6 Å². The molecule has 0 unspecified atom stereocenters. The fourth-order valence-corrected chi connectivity index (χ4v) is 3.58. The first-order valence-corrected chi connectivity index (χ1v) is 7.54. The van der Waals surface area contributed by atoms with E-state index in [1.807, 2.05) is 25.1 Å². The Morgan fingerprint density at radius 2 is 2.06 bits per heavy atom. The maximum atomic E-state index is 6.30. The molecule has 1 nitrogen and oxygen atoms in total. The minimum Gasteiger partial charge on any atom is -0.192 e. The third-order valence-electron chi connectivity index (χ3n) is 2.94. The zero-order valence-electron chi connectivity index (χ0n) is 10.6. The van der Waals surface area contributed by atoms with Crippen molar-refractivity contribution in [3.05, 3.63) is 39.2 Å². The molecule has 0 spiro atoms. The van der Waals surface area contributed by atoms with Crippen molar-refractivity contribution in [1.29, 1.82) is 0 Å². The topological polar surface area (TPSA) is 12.9 Å². The van der Waals surface area contributed by atoms with E-state index in [1.165, 1.54) is 16.4 Å². The minimum absolute atomic E-state index is 0.438. The SMILES string of the molecule is Cc1cccc(Cl)c1-c1nsc(C(C)C)c1CCl. The number of hydrogen-bond donors (Lipinski definition) is 0. The van der Waals surface area contributed by atoms with Crippen LogP contribution in [-0.4, -0.2) is 4.37 Å². The van der Waals surface area contributed by atoms with E-state index in [0.29, 0.717) is 11.8 Å². The molecule has 0 saturated carbocycles. The predicted octanol–water partition coefficient (Wildman–Crippen LogP) is 5.63. The first kappa shape index (κ1) is 13.9. The van der Waals surface area contributed by atoms with Crippen LogP contribution in [0, 0.1) is 6.92 Å². The van der Waals surface area contributed by atoms with Crippen LogP contribution in [0.4, 0.5) is 0 Å². The van der Waals surface area contributed by atoms with Crippen molar-refractivity contribution in [1.82, 2.24) is 4.37 Å². The average molecular weight is 300 g/mol.